The van der Waals surface area contributed by atoms with Crippen molar-refractivity contribution in [2.45, 2.75) is 64.7 Å². The average Bonchev–Trinajstić information content (AvgIpc) is 2.38. The molecule has 0 spiro atoms. The molecule has 0 aromatic rings. The Kier molecular flexibility index (Phi) is 8.06. The zero-order valence-corrected chi connectivity index (χ0v) is 11.8. The average molecular weight is 255 g/mol. The smallest absolute Gasteiger partial charge is 0.306 e. The summed E-state index contributed by atoms with van der Waals surface area (Å²) in [6, 6.07) is 0. The first-order chi connectivity index (χ1) is 8.75. The van der Waals surface area contributed by atoms with Crippen LogP contribution in [0.4, 0.5) is 0 Å². The van der Waals surface area contributed by atoms with Gasteiger partial charge in [-0.05, 0) is 38.3 Å². The maximum absolute atomic E-state index is 11.1. The summed E-state index contributed by atoms with van der Waals surface area (Å²) in [6.07, 6.45) is 10.7. The molecule has 0 bridgehead atoms. The summed E-state index contributed by atoms with van der Waals surface area (Å²) < 4.78 is 0. The van der Waals surface area contributed by atoms with Gasteiger partial charge in [0.1, 0.15) is 0 Å². The number of rotatable bonds is 9. The minimum atomic E-state index is -0.593. The predicted molar refractivity (Wildman–Crippen MR) is 74.7 cm³/mol. The van der Waals surface area contributed by atoms with E-state index in [0.29, 0.717) is 5.92 Å². The summed E-state index contributed by atoms with van der Waals surface area (Å²) in [5, 5.41) is 12.6. The van der Waals surface area contributed by atoms with E-state index in [1.165, 1.54) is 38.5 Å². The quantitative estimate of drug-likeness (QED) is 0.620. The maximum atomic E-state index is 11.1. The maximum Gasteiger partial charge on any atom is 0.306 e. The van der Waals surface area contributed by atoms with Gasteiger partial charge in [-0.15, -0.1) is 0 Å². The van der Waals surface area contributed by atoms with Crippen LogP contribution >= 0.6 is 0 Å². The van der Waals surface area contributed by atoms with Crippen molar-refractivity contribution in [2.75, 3.05) is 13.1 Å². The van der Waals surface area contributed by atoms with Crippen molar-refractivity contribution in [3.8, 4) is 0 Å². The van der Waals surface area contributed by atoms with Crippen LogP contribution in [0.2, 0.25) is 0 Å². The Morgan fingerprint density at radius 2 is 1.89 bits per heavy atom. The Balaban J connectivity index is 2.07. The van der Waals surface area contributed by atoms with E-state index in [9.17, 15) is 9.90 Å². The Morgan fingerprint density at radius 1 is 1.17 bits per heavy atom. The number of hydrogen-bond donors (Lipinski definition) is 2. The monoisotopic (exact) mass is 255 g/mol. The van der Waals surface area contributed by atoms with Gasteiger partial charge in [0.2, 0.25) is 0 Å². The van der Waals surface area contributed by atoms with E-state index >= 15 is 0 Å². The van der Waals surface area contributed by atoms with E-state index in [4.69, 9.17) is 0 Å². The lowest BCUT2D eigenvalue weighted by Gasteiger charge is -2.28. The molecular weight excluding hydrogens is 226 g/mol. The molecule has 106 valence electrons. The van der Waals surface area contributed by atoms with Gasteiger partial charge in [-0.2, -0.15) is 0 Å². The highest BCUT2D eigenvalue weighted by molar-refractivity contribution is 5.70. The van der Waals surface area contributed by atoms with Crippen molar-refractivity contribution in [3.05, 3.63) is 0 Å². The zero-order valence-electron chi connectivity index (χ0n) is 11.8. The van der Waals surface area contributed by atoms with Crippen LogP contribution in [0.1, 0.15) is 64.7 Å². The second kappa shape index (κ2) is 9.37. The van der Waals surface area contributed by atoms with Crippen LogP contribution in [0.25, 0.3) is 0 Å². The molecule has 0 heterocycles. The van der Waals surface area contributed by atoms with Gasteiger partial charge < -0.3 is 10.4 Å². The summed E-state index contributed by atoms with van der Waals surface area (Å²) >= 11 is 0. The molecule has 1 fully saturated rings. The third-order valence-electron chi connectivity index (χ3n) is 4.09. The topological polar surface area (TPSA) is 49.3 Å². The molecule has 2 unspecified atom stereocenters. The normalized spacial score (nSPS) is 24.1. The van der Waals surface area contributed by atoms with Gasteiger partial charge in [0.05, 0.1) is 5.92 Å². The van der Waals surface area contributed by atoms with E-state index in [2.05, 4.69) is 12.2 Å². The summed E-state index contributed by atoms with van der Waals surface area (Å²) in [6.45, 7) is 4.17. The molecule has 0 aliphatic heterocycles. The molecular formula is C15H29NO2. The summed E-state index contributed by atoms with van der Waals surface area (Å²) in [5.41, 5.74) is 0. The predicted octanol–water partition coefficient (Wildman–Crippen LogP) is 3.44. The molecule has 2 N–H and O–H groups in total. The Bertz CT molecular complexity index is 231. The van der Waals surface area contributed by atoms with E-state index in [0.717, 1.165) is 32.4 Å². The van der Waals surface area contributed by atoms with Crippen LogP contribution in [0.3, 0.4) is 0 Å². The number of nitrogens with one attached hydrogen (secondary N) is 1. The molecule has 3 heteroatoms. The van der Waals surface area contributed by atoms with E-state index in [1.807, 2.05) is 0 Å². The Morgan fingerprint density at radius 3 is 2.61 bits per heavy atom. The van der Waals surface area contributed by atoms with Gasteiger partial charge in [0.15, 0.2) is 0 Å². The SMILES string of the molecule is CCCCCCCNCC1CCCCC1C(=O)O. The lowest BCUT2D eigenvalue weighted by atomic mass is 9.79. The minimum absolute atomic E-state index is 0.105. The molecule has 0 aromatic heterocycles. The van der Waals surface area contributed by atoms with Crippen LogP contribution < -0.4 is 5.32 Å². The second-order valence-electron chi connectivity index (χ2n) is 5.61. The van der Waals surface area contributed by atoms with Gasteiger partial charge >= 0.3 is 5.97 Å². The number of carbonyl (C=O) groups is 1. The number of hydrogen-bond acceptors (Lipinski definition) is 2. The van der Waals surface area contributed by atoms with Crippen LogP contribution in [-0.4, -0.2) is 24.2 Å². The summed E-state index contributed by atoms with van der Waals surface area (Å²) in [7, 11) is 0. The standard InChI is InChI=1S/C15H29NO2/c1-2-3-4-5-8-11-16-12-13-9-6-7-10-14(13)15(17)18/h13-14,16H,2-12H2,1H3,(H,17,18). The van der Waals surface area contributed by atoms with Crippen molar-refractivity contribution < 1.29 is 9.90 Å². The summed E-state index contributed by atoms with van der Waals surface area (Å²) in [4.78, 5) is 11.1. The lowest BCUT2D eigenvalue weighted by molar-refractivity contribution is -0.144. The van der Waals surface area contributed by atoms with E-state index in [-0.39, 0.29) is 5.92 Å². The Hall–Kier alpha value is -0.570. The van der Waals surface area contributed by atoms with Crippen LogP contribution in [0.15, 0.2) is 0 Å². The molecule has 2 atom stereocenters. The van der Waals surface area contributed by atoms with Gasteiger partial charge in [-0.1, -0.05) is 45.4 Å². The van der Waals surface area contributed by atoms with Gasteiger partial charge in [0, 0.05) is 0 Å². The van der Waals surface area contributed by atoms with Crippen molar-refractivity contribution >= 4 is 5.97 Å². The van der Waals surface area contributed by atoms with Crippen LogP contribution in [0.5, 0.6) is 0 Å². The number of carboxylic acid groups (broad SMARTS) is 1. The number of unbranched alkanes of at least 4 members (excludes halogenated alkanes) is 4. The first-order valence-corrected chi connectivity index (χ1v) is 7.69. The van der Waals surface area contributed by atoms with Crippen molar-refractivity contribution in [3.63, 3.8) is 0 Å². The fourth-order valence-corrected chi connectivity index (χ4v) is 2.92. The molecule has 0 saturated heterocycles. The fourth-order valence-electron chi connectivity index (χ4n) is 2.92. The molecule has 1 aliphatic carbocycles. The summed E-state index contributed by atoms with van der Waals surface area (Å²) in [5.74, 6) is -0.345. The molecule has 1 rings (SSSR count). The molecule has 18 heavy (non-hydrogen) atoms. The first-order valence-electron chi connectivity index (χ1n) is 7.69. The highest BCUT2D eigenvalue weighted by atomic mass is 16.4. The molecule has 0 aromatic carbocycles. The second-order valence-corrected chi connectivity index (χ2v) is 5.61. The molecule has 0 amide bonds. The number of carboxylic acids is 1. The first kappa shape index (κ1) is 15.5. The van der Waals surface area contributed by atoms with Crippen molar-refractivity contribution in [2.24, 2.45) is 11.8 Å². The minimum Gasteiger partial charge on any atom is -0.481 e. The molecule has 3 nitrogen and oxygen atoms in total. The fraction of sp³-hybridized carbons (Fsp3) is 0.933. The molecule has 0 radical (unpaired) electrons. The van der Waals surface area contributed by atoms with Gasteiger partial charge in [-0.25, -0.2) is 0 Å². The lowest BCUT2D eigenvalue weighted by Crippen LogP contribution is -2.35. The largest absolute Gasteiger partial charge is 0.481 e. The third-order valence-corrected chi connectivity index (χ3v) is 4.09. The van der Waals surface area contributed by atoms with Crippen molar-refractivity contribution in [1.82, 2.24) is 5.32 Å². The van der Waals surface area contributed by atoms with Crippen LogP contribution in [-0.2, 0) is 4.79 Å². The van der Waals surface area contributed by atoms with Gasteiger partial charge in [0.25, 0.3) is 0 Å². The number of aliphatic carboxylic acids is 1. The molecule has 1 aliphatic rings. The third kappa shape index (κ3) is 5.85. The van der Waals surface area contributed by atoms with E-state index < -0.39 is 5.97 Å². The van der Waals surface area contributed by atoms with Crippen LogP contribution in [0, 0.1) is 11.8 Å². The van der Waals surface area contributed by atoms with Crippen molar-refractivity contribution in [1.29, 1.82) is 0 Å². The Labute approximate surface area is 111 Å². The highest BCUT2D eigenvalue weighted by Crippen LogP contribution is 2.29. The zero-order chi connectivity index (χ0) is 13.2. The highest BCUT2D eigenvalue weighted by Gasteiger charge is 2.30. The van der Waals surface area contributed by atoms with Gasteiger partial charge in [-0.3, -0.25) is 4.79 Å². The molecule has 1 saturated carbocycles. The van der Waals surface area contributed by atoms with E-state index in [1.54, 1.807) is 0 Å².